The van der Waals surface area contributed by atoms with Crippen molar-refractivity contribution in [1.82, 2.24) is 9.55 Å². The molecule has 0 saturated heterocycles. The van der Waals surface area contributed by atoms with Gasteiger partial charge in [-0.15, -0.1) is 0 Å². The summed E-state index contributed by atoms with van der Waals surface area (Å²) in [5.41, 5.74) is 6.73. The predicted octanol–water partition coefficient (Wildman–Crippen LogP) is 5.89. The number of para-hydroxylation sites is 2. The molecule has 2 heterocycles. The average Bonchev–Trinajstić information content (AvgIpc) is 2.85. The Hall–Kier alpha value is -3.99. The van der Waals surface area contributed by atoms with Crippen molar-refractivity contribution in [3.8, 4) is 16.9 Å². The third-order valence-corrected chi connectivity index (χ3v) is 6.17. The van der Waals surface area contributed by atoms with E-state index in [2.05, 4.69) is 24.1 Å². The van der Waals surface area contributed by atoms with E-state index in [0.29, 0.717) is 5.69 Å². The molecule has 2 aromatic carbocycles. The SMILES string of the molecule is CCc1cccc(CC)c1NC(=O)c1c(-c2ccncc2)n(-c2ccccc2C)c(C)cc1=O. The van der Waals surface area contributed by atoms with E-state index in [1.807, 2.05) is 73.0 Å². The first-order chi connectivity index (χ1) is 16.5. The van der Waals surface area contributed by atoms with E-state index in [1.165, 1.54) is 0 Å². The molecule has 172 valence electrons. The fourth-order valence-electron chi connectivity index (χ4n) is 4.44. The normalized spacial score (nSPS) is 10.8. The Kier molecular flexibility index (Phi) is 6.73. The molecule has 4 aromatic rings. The van der Waals surface area contributed by atoms with Crippen LogP contribution in [0.2, 0.25) is 0 Å². The zero-order chi connectivity index (χ0) is 24.2. The van der Waals surface area contributed by atoms with Crippen LogP contribution in [0, 0.1) is 13.8 Å². The van der Waals surface area contributed by atoms with Crippen molar-refractivity contribution in [2.45, 2.75) is 40.5 Å². The van der Waals surface area contributed by atoms with Gasteiger partial charge in [-0.05, 0) is 61.6 Å². The van der Waals surface area contributed by atoms with Crippen molar-refractivity contribution in [1.29, 1.82) is 0 Å². The number of anilines is 1. The van der Waals surface area contributed by atoms with Gasteiger partial charge in [0, 0.05) is 41.1 Å². The fourth-order valence-corrected chi connectivity index (χ4v) is 4.44. The van der Waals surface area contributed by atoms with Crippen LogP contribution in [0.3, 0.4) is 0 Å². The lowest BCUT2D eigenvalue weighted by Crippen LogP contribution is -2.27. The maximum absolute atomic E-state index is 13.8. The maximum Gasteiger partial charge on any atom is 0.261 e. The highest BCUT2D eigenvalue weighted by molar-refractivity contribution is 6.09. The molecule has 2 aromatic heterocycles. The molecule has 0 aliphatic heterocycles. The molecule has 0 fully saturated rings. The van der Waals surface area contributed by atoms with Crippen molar-refractivity contribution >= 4 is 11.6 Å². The van der Waals surface area contributed by atoms with Crippen LogP contribution < -0.4 is 10.7 Å². The van der Waals surface area contributed by atoms with Crippen LogP contribution >= 0.6 is 0 Å². The number of hydrogen-bond donors (Lipinski definition) is 1. The van der Waals surface area contributed by atoms with Crippen molar-refractivity contribution in [3.63, 3.8) is 0 Å². The molecule has 0 saturated carbocycles. The summed E-state index contributed by atoms with van der Waals surface area (Å²) >= 11 is 0. The zero-order valence-electron chi connectivity index (χ0n) is 20.1. The molecule has 0 spiro atoms. The summed E-state index contributed by atoms with van der Waals surface area (Å²) in [6.07, 6.45) is 4.91. The van der Waals surface area contributed by atoms with E-state index < -0.39 is 5.91 Å². The number of aromatic nitrogens is 2. The molecule has 1 amide bonds. The molecule has 0 bridgehead atoms. The number of nitrogens with zero attached hydrogens (tertiary/aromatic N) is 2. The summed E-state index contributed by atoms with van der Waals surface area (Å²) in [4.78, 5) is 31.3. The summed E-state index contributed by atoms with van der Waals surface area (Å²) in [5, 5.41) is 3.09. The first-order valence-electron chi connectivity index (χ1n) is 11.6. The third-order valence-electron chi connectivity index (χ3n) is 6.17. The minimum Gasteiger partial charge on any atom is -0.321 e. The Bertz CT molecular complexity index is 1380. The largest absolute Gasteiger partial charge is 0.321 e. The second kappa shape index (κ2) is 9.87. The molecule has 34 heavy (non-hydrogen) atoms. The average molecular weight is 452 g/mol. The fraction of sp³-hybridized carbons (Fsp3) is 0.207. The zero-order valence-corrected chi connectivity index (χ0v) is 20.1. The second-order valence-corrected chi connectivity index (χ2v) is 8.34. The topological polar surface area (TPSA) is 64.0 Å². The number of amides is 1. The molecule has 4 rings (SSSR count). The molecule has 5 nitrogen and oxygen atoms in total. The highest BCUT2D eigenvalue weighted by Crippen LogP contribution is 2.30. The Labute approximate surface area is 200 Å². The quantitative estimate of drug-likeness (QED) is 0.397. The van der Waals surface area contributed by atoms with E-state index in [4.69, 9.17) is 0 Å². The Morgan fingerprint density at radius 3 is 2.18 bits per heavy atom. The van der Waals surface area contributed by atoms with Crippen LogP contribution in [-0.4, -0.2) is 15.5 Å². The molecular formula is C29H29N3O2. The van der Waals surface area contributed by atoms with Crippen LogP contribution in [0.15, 0.2) is 77.9 Å². The van der Waals surface area contributed by atoms with Gasteiger partial charge in [-0.3, -0.25) is 14.6 Å². The summed E-state index contributed by atoms with van der Waals surface area (Å²) in [6, 6.07) is 19.2. The van der Waals surface area contributed by atoms with E-state index >= 15 is 0 Å². The molecular weight excluding hydrogens is 422 g/mol. The number of carbonyl (C=O) groups is 1. The summed E-state index contributed by atoms with van der Waals surface area (Å²) in [5.74, 6) is -0.408. The van der Waals surface area contributed by atoms with Gasteiger partial charge in [0.2, 0.25) is 0 Å². The van der Waals surface area contributed by atoms with Crippen LogP contribution in [0.25, 0.3) is 16.9 Å². The number of aryl methyl sites for hydroxylation is 4. The lowest BCUT2D eigenvalue weighted by Gasteiger charge is -2.22. The molecule has 5 heteroatoms. The Morgan fingerprint density at radius 1 is 0.912 bits per heavy atom. The first kappa shape index (κ1) is 23.2. The molecule has 1 N–H and O–H groups in total. The van der Waals surface area contributed by atoms with Gasteiger partial charge in [0.25, 0.3) is 5.91 Å². The van der Waals surface area contributed by atoms with Gasteiger partial charge >= 0.3 is 0 Å². The lowest BCUT2D eigenvalue weighted by molar-refractivity contribution is 0.102. The van der Waals surface area contributed by atoms with Gasteiger partial charge < -0.3 is 9.88 Å². The van der Waals surface area contributed by atoms with Gasteiger partial charge in [-0.2, -0.15) is 0 Å². The minimum atomic E-state index is -0.408. The number of carbonyl (C=O) groups excluding carboxylic acids is 1. The summed E-state index contributed by atoms with van der Waals surface area (Å²) < 4.78 is 1.99. The predicted molar refractivity (Wildman–Crippen MR) is 138 cm³/mol. The van der Waals surface area contributed by atoms with Crippen LogP contribution in [0.5, 0.6) is 0 Å². The van der Waals surface area contributed by atoms with Crippen LogP contribution in [0.4, 0.5) is 5.69 Å². The molecule has 0 unspecified atom stereocenters. The van der Waals surface area contributed by atoms with Crippen molar-refractivity contribution in [3.05, 3.63) is 111 Å². The van der Waals surface area contributed by atoms with Crippen molar-refractivity contribution in [2.24, 2.45) is 0 Å². The lowest BCUT2D eigenvalue weighted by atomic mass is 10.0. The monoisotopic (exact) mass is 451 g/mol. The Balaban J connectivity index is 1.99. The highest BCUT2D eigenvalue weighted by Gasteiger charge is 2.24. The number of nitrogens with one attached hydrogen (secondary N) is 1. The van der Waals surface area contributed by atoms with E-state index in [9.17, 15) is 9.59 Å². The second-order valence-electron chi connectivity index (χ2n) is 8.34. The molecule has 0 atom stereocenters. The summed E-state index contributed by atoms with van der Waals surface area (Å²) in [7, 11) is 0. The van der Waals surface area contributed by atoms with Gasteiger partial charge in [-0.25, -0.2) is 0 Å². The first-order valence-corrected chi connectivity index (χ1v) is 11.6. The molecule has 0 aliphatic carbocycles. The number of hydrogen-bond acceptors (Lipinski definition) is 3. The van der Waals surface area contributed by atoms with Crippen molar-refractivity contribution < 1.29 is 4.79 Å². The minimum absolute atomic E-state index is 0.119. The van der Waals surface area contributed by atoms with Gasteiger partial charge in [0.05, 0.1) is 5.69 Å². The van der Waals surface area contributed by atoms with Gasteiger partial charge in [-0.1, -0.05) is 50.2 Å². The smallest absolute Gasteiger partial charge is 0.261 e. The third kappa shape index (κ3) is 4.29. The van der Waals surface area contributed by atoms with E-state index in [1.54, 1.807) is 18.5 Å². The van der Waals surface area contributed by atoms with Crippen LogP contribution in [0.1, 0.15) is 46.6 Å². The van der Waals surface area contributed by atoms with Crippen molar-refractivity contribution in [2.75, 3.05) is 5.32 Å². The highest BCUT2D eigenvalue weighted by atomic mass is 16.2. The van der Waals surface area contributed by atoms with Gasteiger partial charge in [0.1, 0.15) is 5.56 Å². The summed E-state index contributed by atoms with van der Waals surface area (Å²) in [6.45, 7) is 8.03. The number of benzene rings is 2. The molecule has 0 radical (unpaired) electrons. The van der Waals surface area contributed by atoms with E-state index in [0.717, 1.165) is 52.2 Å². The molecule has 0 aliphatic rings. The number of rotatable bonds is 6. The Morgan fingerprint density at radius 2 is 1.56 bits per heavy atom. The number of pyridine rings is 2. The van der Waals surface area contributed by atoms with Crippen LogP contribution in [-0.2, 0) is 12.8 Å². The maximum atomic E-state index is 13.8. The standard InChI is InChI=1S/C29H29N3O2/c1-5-21-11-9-12-22(6-2)27(21)31-29(34)26-25(33)18-20(4)32(24-13-8-7-10-19(24)3)28(26)23-14-16-30-17-15-23/h7-18H,5-6H2,1-4H3,(H,31,34). The van der Waals surface area contributed by atoms with Gasteiger partial charge in [0.15, 0.2) is 5.43 Å². The van der Waals surface area contributed by atoms with E-state index in [-0.39, 0.29) is 11.0 Å².